The van der Waals surface area contributed by atoms with Crippen molar-refractivity contribution < 1.29 is 4.42 Å². The molecule has 0 saturated carbocycles. The fourth-order valence-corrected chi connectivity index (χ4v) is 7.59. The molecule has 8 aromatic rings. The van der Waals surface area contributed by atoms with Crippen LogP contribution < -0.4 is 0 Å². The van der Waals surface area contributed by atoms with Crippen LogP contribution in [0.2, 0.25) is 0 Å². The van der Waals surface area contributed by atoms with Crippen LogP contribution in [0.5, 0.6) is 0 Å². The number of hydrogen-bond acceptors (Lipinski definition) is 3. The molecule has 0 spiro atoms. The Balaban J connectivity index is 1.33. The van der Waals surface area contributed by atoms with Crippen molar-refractivity contribution in [1.82, 2.24) is 9.97 Å². The first-order valence-corrected chi connectivity index (χ1v) is 16.3. The van der Waals surface area contributed by atoms with Crippen LogP contribution in [0.4, 0.5) is 0 Å². The molecule has 0 N–H and O–H groups in total. The Morgan fingerprint density at radius 1 is 0.447 bits per heavy atom. The number of benzene rings is 6. The van der Waals surface area contributed by atoms with Gasteiger partial charge in [-0.15, -0.1) is 0 Å². The highest BCUT2D eigenvalue weighted by molar-refractivity contribution is 6.06. The maximum atomic E-state index is 6.33. The van der Waals surface area contributed by atoms with E-state index in [4.69, 9.17) is 14.4 Å². The fourth-order valence-electron chi connectivity index (χ4n) is 7.59. The molecule has 3 nitrogen and oxygen atoms in total. The number of aromatic nitrogens is 2. The first kappa shape index (κ1) is 27.7. The molecule has 2 heterocycles. The second-order valence-corrected chi connectivity index (χ2v) is 13.8. The zero-order valence-electron chi connectivity index (χ0n) is 27.0. The van der Waals surface area contributed by atoms with Gasteiger partial charge in [0, 0.05) is 21.9 Å². The highest BCUT2D eigenvalue weighted by atomic mass is 16.3. The summed E-state index contributed by atoms with van der Waals surface area (Å²) in [6.07, 6.45) is 0. The third-order valence-electron chi connectivity index (χ3n) is 10.8. The quantitative estimate of drug-likeness (QED) is 0.201. The van der Waals surface area contributed by atoms with Gasteiger partial charge in [-0.05, 0) is 80.6 Å². The number of para-hydroxylation sites is 3. The van der Waals surface area contributed by atoms with E-state index in [0.29, 0.717) is 0 Å². The van der Waals surface area contributed by atoms with Crippen molar-refractivity contribution in [1.29, 1.82) is 0 Å². The van der Waals surface area contributed by atoms with Gasteiger partial charge in [0.15, 0.2) is 0 Å². The molecule has 226 valence electrons. The number of rotatable bonds is 3. The van der Waals surface area contributed by atoms with E-state index in [1.54, 1.807) is 0 Å². The van der Waals surface area contributed by atoms with Crippen molar-refractivity contribution in [3.63, 3.8) is 0 Å². The van der Waals surface area contributed by atoms with Crippen LogP contribution >= 0.6 is 0 Å². The predicted molar refractivity (Wildman–Crippen MR) is 195 cm³/mol. The number of fused-ring (bicyclic) bond motifs is 7. The van der Waals surface area contributed by atoms with Gasteiger partial charge in [-0.25, -0.2) is 9.97 Å². The van der Waals surface area contributed by atoms with E-state index in [1.807, 2.05) is 30.3 Å². The standard InChI is InChI=1S/C44H34N2O/c1-43(2)34-17-12-16-33(40(34)32-24-21-28(25-35(32)44(43,3)4)27-13-6-5-7-14-27)42-41(45-36-18-9-10-19-37(36)46-42)29-22-23-31-30-15-8-11-20-38(30)47-39(31)26-29/h5-26H,1-4H3. The monoisotopic (exact) mass is 606 g/mol. The molecule has 0 atom stereocenters. The topological polar surface area (TPSA) is 38.9 Å². The summed E-state index contributed by atoms with van der Waals surface area (Å²) in [6.45, 7) is 9.55. The van der Waals surface area contributed by atoms with E-state index >= 15 is 0 Å². The molecule has 1 aliphatic carbocycles. The summed E-state index contributed by atoms with van der Waals surface area (Å²) in [5.41, 5.74) is 14.7. The average Bonchev–Trinajstić information content (AvgIpc) is 3.48. The summed E-state index contributed by atoms with van der Waals surface area (Å²) in [5, 5.41) is 2.22. The first-order valence-electron chi connectivity index (χ1n) is 16.3. The van der Waals surface area contributed by atoms with Gasteiger partial charge < -0.3 is 4.42 Å². The molecule has 1 aliphatic rings. The fraction of sp³-hybridized carbons (Fsp3) is 0.136. The number of hydrogen-bond donors (Lipinski definition) is 0. The molecule has 0 saturated heterocycles. The van der Waals surface area contributed by atoms with Crippen molar-refractivity contribution in [3.05, 3.63) is 145 Å². The number of nitrogens with zero attached hydrogens (tertiary/aromatic N) is 2. The Morgan fingerprint density at radius 3 is 1.91 bits per heavy atom. The average molecular weight is 607 g/mol. The summed E-state index contributed by atoms with van der Waals surface area (Å²) >= 11 is 0. The SMILES string of the molecule is CC1(C)c2cc(-c3ccccc3)ccc2-c2c(-c3nc4ccccc4nc3-c3ccc4c(c3)oc3ccccc34)cccc2C1(C)C. The van der Waals surface area contributed by atoms with E-state index in [1.165, 1.54) is 33.4 Å². The molecule has 0 bridgehead atoms. The third kappa shape index (κ3) is 4.06. The molecule has 0 amide bonds. The van der Waals surface area contributed by atoms with E-state index in [0.717, 1.165) is 55.5 Å². The van der Waals surface area contributed by atoms with Crippen LogP contribution in [-0.4, -0.2) is 9.97 Å². The van der Waals surface area contributed by atoms with Crippen molar-refractivity contribution in [2.45, 2.75) is 38.5 Å². The Kier molecular flexibility index (Phi) is 5.89. The molecule has 47 heavy (non-hydrogen) atoms. The highest BCUT2D eigenvalue weighted by Crippen LogP contribution is 2.56. The van der Waals surface area contributed by atoms with Crippen molar-refractivity contribution in [2.75, 3.05) is 0 Å². The number of furan rings is 1. The lowest BCUT2D eigenvalue weighted by Gasteiger charge is -2.49. The highest BCUT2D eigenvalue weighted by Gasteiger charge is 2.46. The molecule has 6 aromatic carbocycles. The summed E-state index contributed by atoms with van der Waals surface area (Å²) in [7, 11) is 0. The van der Waals surface area contributed by atoms with Gasteiger partial charge >= 0.3 is 0 Å². The van der Waals surface area contributed by atoms with Crippen LogP contribution in [0, 0.1) is 0 Å². The van der Waals surface area contributed by atoms with Crippen LogP contribution in [0.15, 0.2) is 138 Å². The molecule has 9 rings (SSSR count). The maximum absolute atomic E-state index is 6.33. The predicted octanol–water partition coefficient (Wildman–Crippen LogP) is 11.8. The Morgan fingerprint density at radius 2 is 1.11 bits per heavy atom. The first-order chi connectivity index (χ1) is 22.8. The van der Waals surface area contributed by atoms with E-state index in [-0.39, 0.29) is 10.8 Å². The largest absolute Gasteiger partial charge is 0.456 e. The van der Waals surface area contributed by atoms with Gasteiger partial charge in [0.1, 0.15) is 11.2 Å². The Bertz CT molecular complexity index is 2520. The lowest BCUT2D eigenvalue weighted by Crippen LogP contribution is -2.43. The summed E-state index contributed by atoms with van der Waals surface area (Å²) in [5.74, 6) is 0. The minimum atomic E-state index is -0.154. The van der Waals surface area contributed by atoms with Crippen LogP contribution in [0.25, 0.3) is 77.7 Å². The van der Waals surface area contributed by atoms with Crippen molar-refractivity contribution in [2.24, 2.45) is 0 Å². The second-order valence-electron chi connectivity index (χ2n) is 13.8. The molecular formula is C44H34N2O. The van der Waals surface area contributed by atoms with Gasteiger partial charge in [-0.3, -0.25) is 0 Å². The Labute approximate surface area is 274 Å². The minimum Gasteiger partial charge on any atom is -0.456 e. The summed E-state index contributed by atoms with van der Waals surface area (Å²) < 4.78 is 6.33. The summed E-state index contributed by atoms with van der Waals surface area (Å²) in [4.78, 5) is 10.7. The minimum absolute atomic E-state index is 0.122. The van der Waals surface area contributed by atoms with Crippen molar-refractivity contribution in [3.8, 4) is 44.8 Å². The van der Waals surface area contributed by atoms with Crippen LogP contribution in [0.1, 0.15) is 38.8 Å². The van der Waals surface area contributed by atoms with Gasteiger partial charge in [0.2, 0.25) is 0 Å². The normalized spacial score (nSPS) is 14.7. The molecule has 0 unspecified atom stereocenters. The third-order valence-corrected chi connectivity index (χ3v) is 10.8. The lowest BCUT2D eigenvalue weighted by atomic mass is 9.54. The molecular weight excluding hydrogens is 572 g/mol. The smallest absolute Gasteiger partial charge is 0.136 e. The van der Waals surface area contributed by atoms with Gasteiger partial charge in [0.25, 0.3) is 0 Å². The molecule has 0 radical (unpaired) electrons. The van der Waals surface area contributed by atoms with Gasteiger partial charge in [-0.2, -0.15) is 0 Å². The molecule has 0 fully saturated rings. The van der Waals surface area contributed by atoms with E-state index < -0.39 is 0 Å². The summed E-state index contributed by atoms with van der Waals surface area (Å²) in [6, 6.07) is 47.2. The van der Waals surface area contributed by atoms with Crippen LogP contribution in [0.3, 0.4) is 0 Å². The molecule has 0 aliphatic heterocycles. The van der Waals surface area contributed by atoms with Gasteiger partial charge in [-0.1, -0.05) is 125 Å². The van der Waals surface area contributed by atoms with E-state index in [2.05, 4.69) is 131 Å². The van der Waals surface area contributed by atoms with Crippen molar-refractivity contribution >= 4 is 33.0 Å². The zero-order valence-corrected chi connectivity index (χ0v) is 27.0. The van der Waals surface area contributed by atoms with Crippen LogP contribution in [-0.2, 0) is 10.8 Å². The lowest BCUT2D eigenvalue weighted by molar-refractivity contribution is 0.299. The Hall–Kier alpha value is -5.54. The molecule has 3 heteroatoms. The van der Waals surface area contributed by atoms with Gasteiger partial charge in [0.05, 0.1) is 22.4 Å². The maximum Gasteiger partial charge on any atom is 0.136 e. The zero-order chi connectivity index (χ0) is 31.9. The second kappa shape index (κ2) is 9.98. The molecule has 2 aromatic heterocycles. The van der Waals surface area contributed by atoms with E-state index in [9.17, 15) is 0 Å².